The van der Waals surface area contributed by atoms with Crippen molar-refractivity contribution in [2.75, 3.05) is 24.3 Å². The number of thioether (sulfide) groups is 2. The van der Waals surface area contributed by atoms with E-state index in [1.807, 2.05) is 23.5 Å². The third-order valence-electron chi connectivity index (χ3n) is 2.36. The van der Waals surface area contributed by atoms with Crippen molar-refractivity contribution in [2.24, 2.45) is 5.92 Å². The highest BCUT2D eigenvalue weighted by atomic mass is 32.2. The van der Waals surface area contributed by atoms with Gasteiger partial charge in [0, 0.05) is 22.9 Å². The molecule has 0 heterocycles. The average Bonchev–Trinajstić information content (AvgIpc) is 2.31. The summed E-state index contributed by atoms with van der Waals surface area (Å²) in [6.45, 7) is 6.54. The molecule has 0 aromatic heterocycles. The van der Waals surface area contributed by atoms with Crippen molar-refractivity contribution in [1.29, 1.82) is 0 Å². The van der Waals surface area contributed by atoms with Crippen LogP contribution in [0.3, 0.4) is 0 Å². The van der Waals surface area contributed by atoms with Gasteiger partial charge in [-0.2, -0.15) is 11.8 Å². The van der Waals surface area contributed by atoms with Crippen LogP contribution in [-0.2, 0) is 6.54 Å². The molecule has 0 bridgehead atoms. The van der Waals surface area contributed by atoms with E-state index in [4.69, 9.17) is 0 Å². The molecule has 1 N–H and O–H groups in total. The van der Waals surface area contributed by atoms with Crippen molar-refractivity contribution in [3.8, 4) is 0 Å². The monoisotopic (exact) mass is 269 g/mol. The minimum absolute atomic E-state index is 0.719. The fraction of sp³-hybridized carbons (Fsp3) is 0.571. The minimum Gasteiger partial charge on any atom is -0.312 e. The van der Waals surface area contributed by atoms with Gasteiger partial charge < -0.3 is 5.32 Å². The highest BCUT2D eigenvalue weighted by molar-refractivity contribution is 8.02. The number of benzene rings is 1. The standard InChI is InChI=1S/C14H23NS2/c1-12(2)10-15-11-13-4-6-14(7-5-13)17-9-8-16-3/h4-7,12,15H,8-11H2,1-3H3. The van der Waals surface area contributed by atoms with E-state index < -0.39 is 0 Å². The van der Waals surface area contributed by atoms with Crippen LogP contribution in [-0.4, -0.2) is 24.3 Å². The first kappa shape index (κ1) is 14.9. The molecule has 0 fully saturated rings. The maximum atomic E-state index is 3.46. The Morgan fingerprint density at radius 2 is 1.82 bits per heavy atom. The normalized spacial score (nSPS) is 11.1. The number of rotatable bonds is 8. The molecule has 17 heavy (non-hydrogen) atoms. The van der Waals surface area contributed by atoms with Gasteiger partial charge in [-0.1, -0.05) is 26.0 Å². The lowest BCUT2D eigenvalue weighted by atomic mass is 10.2. The Hall–Kier alpha value is -0.120. The maximum absolute atomic E-state index is 3.46. The first-order chi connectivity index (χ1) is 8.22. The molecule has 0 unspecified atom stereocenters. The lowest BCUT2D eigenvalue weighted by molar-refractivity contribution is 0.552. The van der Waals surface area contributed by atoms with Crippen LogP contribution in [0.5, 0.6) is 0 Å². The summed E-state index contributed by atoms with van der Waals surface area (Å²) >= 11 is 3.85. The molecule has 3 heteroatoms. The van der Waals surface area contributed by atoms with Gasteiger partial charge in [0.25, 0.3) is 0 Å². The topological polar surface area (TPSA) is 12.0 Å². The Labute approximate surface area is 114 Å². The molecule has 0 atom stereocenters. The lowest BCUT2D eigenvalue weighted by Gasteiger charge is -2.08. The molecular weight excluding hydrogens is 246 g/mol. The zero-order valence-electron chi connectivity index (χ0n) is 11.0. The number of hydrogen-bond donors (Lipinski definition) is 1. The van der Waals surface area contributed by atoms with Crippen molar-refractivity contribution in [3.05, 3.63) is 29.8 Å². The molecule has 0 spiro atoms. The van der Waals surface area contributed by atoms with Crippen LogP contribution in [0.2, 0.25) is 0 Å². The van der Waals surface area contributed by atoms with Gasteiger partial charge in [-0.05, 0) is 36.4 Å². The van der Waals surface area contributed by atoms with Gasteiger partial charge >= 0.3 is 0 Å². The summed E-state index contributed by atoms with van der Waals surface area (Å²) in [5.74, 6) is 3.14. The molecule has 1 nitrogen and oxygen atoms in total. The summed E-state index contributed by atoms with van der Waals surface area (Å²) in [6, 6.07) is 8.93. The second-order valence-electron chi connectivity index (χ2n) is 4.51. The van der Waals surface area contributed by atoms with Gasteiger partial charge in [0.1, 0.15) is 0 Å². The number of nitrogens with one attached hydrogen (secondary N) is 1. The zero-order valence-corrected chi connectivity index (χ0v) is 12.7. The summed E-state index contributed by atoms with van der Waals surface area (Å²) < 4.78 is 0. The van der Waals surface area contributed by atoms with E-state index in [1.54, 1.807) is 0 Å². The summed E-state index contributed by atoms with van der Waals surface area (Å²) in [5, 5.41) is 3.46. The first-order valence-corrected chi connectivity index (χ1v) is 8.51. The molecule has 96 valence electrons. The van der Waals surface area contributed by atoms with Crippen molar-refractivity contribution in [2.45, 2.75) is 25.3 Å². The van der Waals surface area contributed by atoms with Gasteiger partial charge in [-0.25, -0.2) is 0 Å². The highest BCUT2D eigenvalue weighted by Crippen LogP contribution is 2.19. The minimum atomic E-state index is 0.719. The molecule has 1 aromatic rings. The highest BCUT2D eigenvalue weighted by Gasteiger charge is 1.97. The Morgan fingerprint density at radius 3 is 2.41 bits per heavy atom. The smallest absolute Gasteiger partial charge is 0.0205 e. The second kappa shape index (κ2) is 8.90. The van der Waals surface area contributed by atoms with Crippen LogP contribution in [0.15, 0.2) is 29.2 Å². The Kier molecular flexibility index (Phi) is 7.82. The molecule has 0 amide bonds. The molecule has 0 saturated carbocycles. The SMILES string of the molecule is CSCCSc1ccc(CNCC(C)C)cc1. The van der Waals surface area contributed by atoms with Crippen LogP contribution in [0.4, 0.5) is 0 Å². The van der Waals surface area contributed by atoms with Crippen molar-refractivity contribution in [1.82, 2.24) is 5.32 Å². The quantitative estimate of drug-likeness (QED) is 0.568. The van der Waals surface area contributed by atoms with Crippen LogP contribution in [0, 0.1) is 5.92 Å². The summed E-state index contributed by atoms with van der Waals surface area (Å²) in [4.78, 5) is 1.38. The van der Waals surface area contributed by atoms with Gasteiger partial charge in [0.15, 0.2) is 0 Å². The van der Waals surface area contributed by atoms with Crippen LogP contribution in [0.25, 0.3) is 0 Å². The first-order valence-electron chi connectivity index (χ1n) is 6.13. The fourth-order valence-corrected chi connectivity index (χ4v) is 3.02. The molecule has 0 saturated heterocycles. The van der Waals surface area contributed by atoms with Crippen LogP contribution in [0.1, 0.15) is 19.4 Å². The van der Waals surface area contributed by atoms with Gasteiger partial charge in [-0.15, -0.1) is 11.8 Å². The van der Waals surface area contributed by atoms with Crippen molar-refractivity contribution < 1.29 is 0 Å². The lowest BCUT2D eigenvalue weighted by Crippen LogP contribution is -2.18. The Morgan fingerprint density at radius 1 is 1.12 bits per heavy atom. The Balaban J connectivity index is 2.29. The third-order valence-corrected chi connectivity index (χ3v) is 4.25. The van der Waals surface area contributed by atoms with Crippen LogP contribution >= 0.6 is 23.5 Å². The van der Waals surface area contributed by atoms with E-state index in [1.165, 1.54) is 22.0 Å². The number of hydrogen-bond acceptors (Lipinski definition) is 3. The van der Waals surface area contributed by atoms with Crippen LogP contribution < -0.4 is 5.32 Å². The van der Waals surface area contributed by atoms with E-state index in [2.05, 4.69) is 49.7 Å². The molecule has 0 aliphatic rings. The van der Waals surface area contributed by atoms with Gasteiger partial charge in [-0.3, -0.25) is 0 Å². The predicted octanol–water partition coefficient (Wildman–Crippen LogP) is 3.89. The van der Waals surface area contributed by atoms with Gasteiger partial charge in [0.05, 0.1) is 0 Å². The zero-order chi connectivity index (χ0) is 12.5. The maximum Gasteiger partial charge on any atom is 0.0205 e. The summed E-state index contributed by atoms with van der Waals surface area (Å²) in [5.41, 5.74) is 1.37. The largest absolute Gasteiger partial charge is 0.312 e. The van der Waals surface area contributed by atoms with Crippen molar-refractivity contribution in [3.63, 3.8) is 0 Å². The van der Waals surface area contributed by atoms with E-state index in [0.29, 0.717) is 0 Å². The summed E-state index contributed by atoms with van der Waals surface area (Å²) in [7, 11) is 0. The van der Waals surface area contributed by atoms with E-state index in [9.17, 15) is 0 Å². The average molecular weight is 269 g/mol. The van der Waals surface area contributed by atoms with Gasteiger partial charge in [0.2, 0.25) is 0 Å². The van der Waals surface area contributed by atoms with E-state index >= 15 is 0 Å². The fourth-order valence-electron chi connectivity index (χ4n) is 1.45. The molecule has 0 aliphatic carbocycles. The van der Waals surface area contributed by atoms with E-state index in [0.717, 1.165) is 19.0 Å². The molecule has 0 aliphatic heterocycles. The van der Waals surface area contributed by atoms with Crippen molar-refractivity contribution >= 4 is 23.5 Å². The Bertz CT molecular complexity index is 296. The molecule has 1 aromatic carbocycles. The summed E-state index contributed by atoms with van der Waals surface area (Å²) in [6.07, 6.45) is 2.16. The second-order valence-corrected chi connectivity index (χ2v) is 6.66. The third kappa shape index (κ3) is 7.02. The molecule has 0 radical (unpaired) electrons. The molecular formula is C14H23NS2. The molecule has 1 rings (SSSR count). The van der Waals surface area contributed by atoms with E-state index in [-0.39, 0.29) is 0 Å². The predicted molar refractivity (Wildman–Crippen MR) is 82.1 cm³/mol.